The number of aromatic hydroxyl groups is 1. The zero-order valence-electron chi connectivity index (χ0n) is 12.7. The first-order valence-electron chi connectivity index (χ1n) is 7.53. The average molecular weight is 333 g/mol. The lowest BCUT2D eigenvalue weighted by atomic mass is 10.2. The van der Waals surface area contributed by atoms with Gasteiger partial charge in [-0.1, -0.05) is 18.2 Å². The van der Waals surface area contributed by atoms with Crippen LogP contribution >= 0.6 is 12.2 Å². The van der Waals surface area contributed by atoms with Crippen LogP contribution in [-0.2, 0) is 4.74 Å². The normalized spacial score (nSPS) is 16.2. The first kappa shape index (κ1) is 15.9. The van der Waals surface area contributed by atoms with Gasteiger partial charge in [0.25, 0.3) is 0 Å². The third-order valence-electron chi connectivity index (χ3n) is 3.71. The quantitative estimate of drug-likeness (QED) is 0.590. The van der Waals surface area contributed by atoms with Crippen LogP contribution in [0.4, 0.5) is 5.69 Å². The molecular weight excluding hydrogens is 314 g/mol. The highest BCUT2D eigenvalue weighted by atomic mass is 32.1. The average Bonchev–Trinajstić information content (AvgIpc) is 2.89. The van der Waals surface area contributed by atoms with E-state index in [-0.39, 0.29) is 5.88 Å². The number of para-hydroxylation sites is 1. The molecule has 0 aliphatic carbocycles. The van der Waals surface area contributed by atoms with Crippen molar-refractivity contribution in [1.82, 2.24) is 15.2 Å². The van der Waals surface area contributed by atoms with E-state index < -0.39 is 0 Å². The largest absolute Gasteiger partial charge is 0.493 e. The van der Waals surface area contributed by atoms with E-state index in [0.717, 1.165) is 43.8 Å². The molecule has 0 radical (unpaired) electrons. The first-order chi connectivity index (χ1) is 11.2. The Labute approximate surface area is 139 Å². The number of aromatic amines is 1. The van der Waals surface area contributed by atoms with Crippen molar-refractivity contribution >= 4 is 33.9 Å². The number of H-pyrrole nitrogens is 1. The summed E-state index contributed by atoms with van der Waals surface area (Å²) in [6.07, 6.45) is 0. The van der Waals surface area contributed by atoms with Crippen molar-refractivity contribution in [3.05, 3.63) is 24.3 Å². The predicted molar refractivity (Wildman–Crippen MR) is 92.3 cm³/mol. The van der Waals surface area contributed by atoms with Crippen molar-refractivity contribution in [2.75, 3.05) is 39.4 Å². The monoisotopic (exact) mass is 333 g/mol. The molecule has 23 heavy (non-hydrogen) atoms. The Morgan fingerprint density at radius 1 is 1.35 bits per heavy atom. The third-order valence-corrected chi connectivity index (χ3v) is 3.93. The van der Waals surface area contributed by atoms with Crippen LogP contribution in [0.15, 0.2) is 34.5 Å². The number of ether oxygens (including phenoxy) is 1. The minimum absolute atomic E-state index is 0.00827. The van der Waals surface area contributed by atoms with Crippen LogP contribution in [0, 0.1) is 0 Å². The number of aromatic nitrogens is 1. The number of nitrogens with one attached hydrogen (secondary N) is 2. The van der Waals surface area contributed by atoms with Gasteiger partial charge >= 0.3 is 0 Å². The molecule has 8 heteroatoms. The second-order valence-corrected chi connectivity index (χ2v) is 5.64. The lowest BCUT2D eigenvalue weighted by Gasteiger charge is -2.26. The fourth-order valence-electron chi connectivity index (χ4n) is 2.49. The number of hydrogen-bond acceptors (Lipinski definition) is 5. The van der Waals surface area contributed by atoms with Gasteiger partial charge in [-0.3, -0.25) is 4.90 Å². The third kappa shape index (κ3) is 4.04. The van der Waals surface area contributed by atoms with Gasteiger partial charge in [-0.05, 0) is 18.3 Å². The molecule has 0 spiro atoms. The van der Waals surface area contributed by atoms with E-state index in [1.165, 1.54) is 0 Å². The van der Waals surface area contributed by atoms with Crippen molar-refractivity contribution in [3.63, 3.8) is 0 Å². The Kier molecular flexibility index (Phi) is 5.16. The van der Waals surface area contributed by atoms with Gasteiger partial charge < -0.3 is 20.1 Å². The number of azo groups is 1. The molecule has 1 aromatic heterocycles. The van der Waals surface area contributed by atoms with E-state index in [2.05, 4.69) is 25.4 Å². The van der Waals surface area contributed by atoms with Crippen LogP contribution < -0.4 is 5.32 Å². The molecule has 3 rings (SSSR count). The van der Waals surface area contributed by atoms with Crippen molar-refractivity contribution in [1.29, 1.82) is 0 Å². The van der Waals surface area contributed by atoms with E-state index >= 15 is 0 Å². The van der Waals surface area contributed by atoms with Crippen molar-refractivity contribution in [2.45, 2.75) is 0 Å². The first-order valence-corrected chi connectivity index (χ1v) is 7.94. The number of fused-ring (bicyclic) bond motifs is 1. The zero-order valence-corrected chi connectivity index (χ0v) is 13.5. The number of rotatable bonds is 4. The fourth-order valence-corrected chi connectivity index (χ4v) is 2.63. The predicted octanol–water partition coefficient (Wildman–Crippen LogP) is 2.16. The summed E-state index contributed by atoms with van der Waals surface area (Å²) in [7, 11) is 0. The van der Waals surface area contributed by atoms with E-state index in [9.17, 15) is 5.11 Å². The lowest BCUT2D eigenvalue weighted by Crippen LogP contribution is -2.40. The smallest absolute Gasteiger partial charge is 0.218 e. The van der Waals surface area contributed by atoms with Crippen LogP contribution in [0.1, 0.15) is 0 Å². The maximum Gasteiger partial charge on any atom is 0.218 e. The van der Waals surface area contributed by atoms with Gasteiger partial charge in [0.15, 0.2) is 5.69 Å². The highest BCUT2D eigenvalue weighted by molar-refractivity contribution is 7.80. The highest BCUT2D eigenvalue weighted by Crippen LogP contribution is 2.35. The van der Waals surface area contributed by atoms with Gasteiger partial charge in [-0.15, -0.1) is 10.2 Å². The molecule has 122 valence electrons. The molecule has 1 aromatic carbocycles. The number of benzene rings is 1. The fraction of sp³-hybridized carbons (Fsp3) is 0.400. The number of nitrogens with zero attached hydrogens (tertiary/aromatic N) is 3. The van der Waals surface area contributed by atoms with Crippen LogP contribution in [0.5, 0.6) is 5.88 Å². The van der Waals surface area contributed by atoms with Crippen LogP contribution in [0.2, 0.25) is 0 Å². The summed E-state index contributed by atoms with van der Waals surface area (Å²) in [5.74, 6) is -0.00827. The molecule has 1 fully saturated rings. The van der Waals surface area contributed by atoms with Crippen LogP contribution in [0.3, 0.4) is 0 Å². The maximum atomic E-state index is 9.90. The molecule has 0 saturated carbocycles. The van der Waals surface area contributed by atoms with Gasteiger partial charge in [-0.2, -0.15) is 0 Å². The summed E-state index contributed by atoms with van der Waals surface area (Å²) >= 11 is 5.15. The summed E-state index contributed by atoms with van der Waals surface area (Å²) in [6, 6.07) is 7.51. The summed E-state index contributed by atoms with van der Waals surface area (Å²) in [5.41, 5.74) is 1.21. The SMILES string of the molecule is Oc1[nH]c2ccccc2c1N=NC(=S)NCCN1CCOCC1. The summed E-state index contributed by atoms with van der Waals surface area (Å²) in [5, 5.41) is 22.1. The topological polar surface area (TPSA) is 85.2 Å². The molecule has 2 aromatic rings. The zero-order chi connectivity index (χ0) is 16.1. The van der Waals surface area contributed by atoms with E-state index in [4.69, 9.17) is 17.0 Å². The minimum Gasteiger partial charge on any atom is -0.493 e. The second kappa shape index (κ2) is 7.49. The van der Waals surface area contributed by atoms with Crippen LogP contribution in [-0.4, -0.2) is 59.5 Å². The molecule has 7 nitrogen and oxygen atoms in total. The number of thiocarbonyl (C=S) groups is 1. The Morgan fingerprint density at radius 2 is 2.13 bits per heavy atom. The summed E-state index contributed by atoms with van der Waals surface area (Å²) < 4.78 is 5.31. The molecule has 1 saturated heterocycles. The van der Waals surface area contributed by atoms with Gasteiger partial charge in [0.05, 0.1) is 18.7 Å². The summed E-state index contributed by atoms with van der Waals surface area (Å²) in [4.78, 5) is 5.16. The Bertz CT molecular complexity index is 709. The molecule has 2 heterocycles. The molecule has 1 aliphatic heterocycles. The van der Waals surface area contributed by atoms with Crippen molar-refractivity contribution in [3.8, 4) is 5.88 Å². The maximum absolute atomic E-state index is 9.90. The molecule has 0 bridgehead atoms. The van der Waals surface area contributed by atoms with Gasteiger partial charge in [0.2, 0.25) is 11.0 Å². The highest BCUT2D eigenvalue weighted by Gasteiger charge is 2.11. The van der Waals surface area contributed by atoms with Crippen LogP contribution in [0.25, 0.3) is 10.9 Å². The Hall–Kier alpha value is -2.03. The van der Waals surface area contributed by atoms with Gasteiger partial charge in [0.1, 0.15) is 0 Å². The molecule has 0 unspecified atom stereocenters. The standard InChI is InChI=1S/C15H19N5O2S/c21-14-13(11-3-1-2-4-12(11)17-14)18-19-15(23)16-5-6-20-7-9-22-10-8-20/h1-4,17,21H,5-10H2,(H,16,23). The lowest BCUT2D eigenvalue weighted by molar-refractivity contribution is 0.0389. The Morgan fingerprint density at radius 3 is 2.96 bits per heavy atom. The van der Waals surface area contributed by atoms with E-state index in [1.54, 1.807) is 0 Å². The van der Waals surface area contributed by atoms with Crippen molar-refractivity contribution < 1.29 is 9.84 Å². The van der Waals surface area contributed by atoms with E-state index in [1.807, 2.05) is 24.3 Å². The second-order valence-electron chi connectivity index (χ2n) is 5.25. The van der Waals surface area contributed by atoms with Crippen molar-refractivity contribution in [2.24, 2.45) is 10.2 Å². The number of morpholine rings is 1. The number of hydrogen-bond donors (Lipinski definition) is 3. The molecule has 0 amide bonds. The molecule has 3 N–H and O–H groups in total. The van der Waals surface area contributed by atoms with Gasteiger partial charge in [0, 0.05) is 31.6 Å². The van der Waals surface area contributed by atoms with E-state index in [0.29, 0.717) is 17.3 Å². The van der Waals surface area contributed by atoms with Gasteiger partial charge in [-0.25, -0.2) is 0 Å². The Balaban J connectivity index is 1.54. The molecule has 1 aliphatic rings. The minimum atomic E-state index is -0.00827. The molecular formula is C15H19N5O2S. The molecule has 0 atom stereocenters. The summed E-state index contributed by atoms with van der Waals surface area (Å²) in [6.45, 7) is 5.04.